The minimum Gasteiger partial charge on any atom is -0.270 e. The average molecular weight is 260 g/mol. The van der Waals surface area contributed by atoms with Crippen molar-refractivity contribution in [3.05, 3.63) is 35.6 Å². The van der Waals surface area contributed by atoms with Crippen LogP contribution in [0.5, 0.6) is 0 Å². The molecule has 0 aliphatic rings. The van der Waals surface area contributed by atoms with Gasteiger partial charge < -0.3 is 0 Å². The Bertz CT molecular complexity index is 439. The molecule has 0 amide bonds. The standard InChI is InChI=1S/C12H17FO3S/c1-3-4-11(9-16-17(2,14)15)10-5-7-12(13)8-6-10/h5-8,11H,3-4,9H2,1-2H3. The van der Waals surface area contributed by atoms with Crippen molar-refractivity contribution in [2.75, 3.05) is 12.9 Å². The molecule has 1 rings (SSSR count). The van der Waals surface area contributed by atoms with Crippen LogP contribution in [-0.4, -0.2) is 21.3 Å². The van der Waals surface area contributed by atoms with E-state index in [0.29, 0.717) is 0 Å². The number of rotatable bonds is 6. The zero-order chi connectivity index (χ0) is 12.9. The molecule has 0 fully saturated rings. The quantitative estimate of drug-likeness (QED) is 0.739. The summed E-state index contributed by atoms with van der Waals surface area (Å²) in [7, 11) is -3.43. The number of halogens is 1. The Morgan fingerprint density at radius 2 is 1.88 bits per heavy atom. The number of hydrogen-bond donors (Lipinski definition) is 0. The van der Waals surface area contributed by atoms with Gasteiger partial charge in [-0.25, -0.2) is 4.39 Å². The second-order valence-electron chi connectivity index (χ2n) is 4.03. The van der Waals surface area contributed by atoms with Crippen molar-refractivity contribution in [3.63, 3.8) is 0 Å². The van der Waals surface area contributed by atoms with Gasteiger partial charge in [0.05, 0.1) is 12.9 Å². The monoisotopic (exact) mass is 260 g/mol. The summed E-state index contributed by atoms with van der Waals surface area (Å²) in [5.41, 5.74) is 0.900. The van der Waals surface area contributed by atoms with Gasteiger partial charge in [-0.05, 0) is 24.1 Å². The molecule has 3 nitrogen and oxygen atoms in total. The van der Waals surface area contributed by atoms with Gasteiger partial charge in [0.15, 0.2) is 0 Å². The predicted molar refractivity (Wildman–Crippen MR) is 64.8 cm³/mol. The lowest BCUT2D eigenvalue weighted by atomic mass is 9.95. The van der Waals surface area contributed by atoms with E-state index >= 15 is 0 Å². The lowest BCUT2D eigenvalue weighted by molar-refractivity contribution is 0.287. The summed E-state index contributed by atoms with van der Waals surface area (Å²) in [5.74, 6) is -0.316. The number of benzene rings is 1. The summed E-state index contributed by atoms with van der Waals surface area (Å²) in [6, 6.07) is 6.08. The molecule has 1 aromatic rings. The van der Waals surface area contributed by atoms with Crippen LogP contribution in [0.25, 0.3) is 0 Å². The van der Waals surface area contributed by atoms with Crippen LogP contribution in [0, 0.1) is 5.82 Å². The molecule has 0 aliphatic carbocycles. The van der Waals surface area contributed by atoms with Gasteiger partial charge in [-0.2, -0.15) is 8.42 Å². The minimum absolute atomic E-state index is 0.0182. The first kappa shape index (κ1) is 14.1. The predicted octanol–water partition coefficient (Wildman–Crippen LogP) is 2.69. The Morgan fingerprint density at radius 3 is 2.35 bits per heavy atom. The average Bonchev–Trinajstić information content (AvgIpc) is 2.24. The van der Waals surface area contributed by atoms with Crippen LogP contribution in [0.2, 0.25) is 0 Å². The van der Waals surface area contributed by atoms with Gasteiger partial charge in [0.2, 0.25) is 0 Å². The van der Waals surface area contributed by atoms with Crippen LogP contribution in [0.3, 0.4) is 0 Å². The molecule has 0 spiro atoms. The van der Waals surface area contributed by atoms with Crippen LogP contribution in [0.4, 0.5) is 4.39 Å². The Balaban J connectivity index is 2.75. The van der Waals surface area contributed by atoms with Crippen LogP contribution in [0.1, 0.15) is 31.2 Å². The van der Waals surface area contributed by atoms with E-state index in [2.05, 4.69) is 0 Å². The molecule has 1 unspecified atom stereocenters. The van der Waals surface area contributed by atoms with Gasteiger partial charge in [0.25, 0.3) is 10.1 Å². The van der Waals surface area contributed by atoms with Crippen molar-refractivity contribution < 1.29 is 17.0 Å². The van der Waals surface area contributed by atoms with Crippen LogP contribution in [0.15, 0.2) is 24.3 Å². The van der Waals surface area contributed by atoms with E-state index in [1.807, 2.05) is 6.92 Å². The van der Waals surface area contributed by atoms with Gasteiger partial charge in [0, 0.05) is 5.92 Å². The molecule has 1 aromatic carbocycles. The fourth-order valence-electron chi connectivity index (χ4n) is 1.64. The second kappa shape index (κ2) is 6.12. The molecular formula is C12H17FO3S. The summed E-state index contributed by atoms with van der Waals surface area (Å²) in [6.07, 6.45) is 2.75. The summed E-state index contributed by atoms with van der Waals surface area (Å²) >= 11 is 0. The second-order valence-corrected chi connectivity index (χ2v) is 5.67. The molecule has 0 N–H and O–H groups in total. The zero-order valence-corrected chi connectivity index (χ0v) is 10.8. The molecule has 96 valence electrons. The summed E-state index contributed by atoms with van der Waals surface area (Å²) < 4.78 is 39.5. The van der Waals surface area contributed by atoms with Crippen molar-refractivity contribution >= 4 is 10.1 Å². The highest BCUT2D eigenvalue weighted by molar-refractivity contribution is 7.85. The fraction of sp³-hybridized carbons (Fsp3) is 0.500. The van der Waals surface area contributed by atoms with Gasteiger partial charge >= 0.3 is 0 Å². The highest BCUT2D eigenvalue weighted by Crippen LogP contribution is 2.22. The van der Waals surface area contributed by atoms with Gasteiger partial charge in [-0.3, -0.25) is 4.18 Å². The van der Waals surface area contributed by atoms with E-state index in [1.165, 1.54) is 12.1 Å². The van der Waals surface area contributed by atoms with Gasteiger partial charge in [-0.15, -0.1) is 0 Å². The molecule has 0 bridgehead atoms. The normalized spacial score (nSPS) is 13.6. The third-order valence-corrected chi connectivity index (χ3v) is 3.03. The maximum atomic E-state index is 12.8. The maximum absolute atomic E-state index is 12.8. The topological polar surface area (TPSA) is 43.4 Å². The lowest BCUT2D eigenvalue weighted by Crippen LogP contribution is -2.12. The summed E-state index contributed by atoms with van der Waals surface area (Å²) in [6.45, 7) is 2.12. The molecular weight excluding hydrogens is 243 g/mol. The van der Waals surface area contributed by atoms with E-state index in [-0.39, 0.29) is 18.3 Å². The van der Waals surface area contributed by atoms with Crippen LogP contribution < -0.4 is 0 Å². The summed E-state index contributed by atoms with van der Waals surface area (Å²) in [5, 5.41) is 0. The molecule has 1 atom stereocenters. The molecule has 0 aliphatic heterocycles. The third kappa shape index (κ3) is 5.28. The van der Waals surface area contributed by atoms with Crippen LogP contribution in [-0.2, 0) is 14.3 Å². The third-order valence-electron chi connectivity index (χ3n) is 2.46. The molecule has 0 saturated heterocycles. The van der Waals surface area contributed by atoms with E-state index < -0.39 is 10.1 Å². The van der Waals surface area contributed by atoms with E-state index in [4.69, 9.17) is 4.18 Å². The molecule has 0 heterocycles. The first-order chi connectivity index (χ1) is 7.92. The maximum Gasteiger partial charge on any atom is 0.264 e. The van der Waals surface area contributed by atoms with Crippen molar-refractivity contribution in [2.24, 2.45) is 0 Å². The minimum atomic E-state index is -3.43. The van der Waals surface area contributed by atoms with E-state index in [0.717, 1.165) is 24.7 Å². The van der Waals surface area contributed by atoms with Crippen molar-refractivity contribution in [2.45, 2.75) is 25.7 Å². The molecule has 5 heteroatoms. The molecule has 17 heavy (non-hydrogen) atoms. The number of hydrogen-bond acceptors (Lipinski definition) is 3. The van der Waals surface area contributed by atoms with Crippen LogP contribution >= 0.6 is 0 Å². The molecule has 0 radical (unpaired) electrons. The SMILES string of the molecule is CCCC(COS(C)(=O)=O)c1ccc(F)cc1. The van der Waals surface area contributed by atoms with Gasteiger partial charge in [-0.1, -0.05) is 25.5 Å². The Morgan fingerprint density at radius 1 is 1.29 bits per heavy atom. The van der Waals surface area contributed by atoms with Crippen molar-refractivity contribution in [3.8, 4) is 0 Å². The van der Waals surface area contributed by atoms with Crippen molar-refractivity contribution in [1.29, 1.82) is 0 Å². The van der Waals surface area contributed by atoms with Gasteiger partial charge in [0.1, 0.15) is 5.82 Å². The fourth-order valence-corrected chi connectivity index (χ4v) is 2.05. The largest absolute Gasteiger partial charge is 0.270 e. The smallest absolute Gasteiger partial charge is 0.264 e. The molecule has 0 saturated carbocycles. The summed E-state index contributed by atoms with van der Waals surface area (Å²) in [4.78, 5) is 0. The highest BCUT2D eigenvalue weighted by Gasteiger charge is 2.14. The van der Waals surface area contributed by atoms with Crippen molar-refractivity contribution in [1.82, 2.24) is 0 Å². The molecule has 0 aromatic heterocycles. The van der Waals surface area contributed by atoms with E-state index in [9.17, 15) is 12.8 Å². The zero-order valence-electron chi connectivity index (χ0n) is 10.0. The Kier molecular flexibility index (Phi) is 5.08. The lowest BCUT2D eigenvalue weighted by Gasteiger charge is -2.15. The Hall–Kier alpha value is -0.940. The first-order valence-corrected chi connectivity index (χ1v) is 7.34. The van der Waals surface area contributed by atoms with E-state index in [1.54, 1.807) is 12.1 Å². The highest BCUT2D eigenvalue weighted by atomic mass is 32.2. The Labute approximate surface area is 102 Å². The first-order valence-electron chi connectivity index (χ1n) is 5.52.